The average molecular weight is 313 g/mol. The molecule has 0 spiro atoms. The molecule has 3 rings (SSSR count). The Morgan fingerprint density at radius 2 is 2.29 bits per heavy atom. The Kier molecular flexibility index (Phi) is 3.94. The summed E-state index contributed by atoms with van der Waals surface area (Å²) in [5, 5.41) is 4.55. The molecule has 3 heterocycles. The Balaban J connectivity index is 2.10. The maximum atomic E-state index is 6.10. The van der Waals surface area contributed by atoms with Crippen molar-refractivity contribution in [1.82, 2.24) is 19.3 Å². The van der Waals surface area contributed by atoms with Crippen LogP contribution in [0.15, 0.2) is 0 Å². The van der Waals surface area contributed by atoms with E-state index < -0.39 is 0 Å². The minimum absolute atomic E-state index is 0.301. The first-order valence-corrected chi connectivity index (χ1v) is 7.77. The summed E-state index contributed by atoms with van der Waals surface area (Å²) in [5.74, 6) is 1.23. The van der Waals surface area contributed by atoms with Gasteiger partial charge in [0, 0.05) is 27.2 Å². The predicted molar refractivity (Wildman–Crippen MR) is 80.6 cm³/mol. The molecule has 0 aliphatic carbocycles. The van der Waals surface area contributed by atoms with Gasteiger partial charge < -0.3 is 14.0 Å². The van der Waals surface area contributed by atoms with Crippen molar-refractivity contribution < 1.29 is 9.47 Å². The summed E-state index contributed by atoms with van der Waals surface area (Å²) < 4.78 is 15.3. The fourth-order valence-corrected chi connectivity index (χ4v) is 3.22. The molecule has 0 aromatic carbocycles. The number of imidazole rings is 1. The Bertz CT molecular complexity index is 643. The number of nitrogens with zero attached hydrogens (tertiary/aromatic N) is 4. The Hall–Kier alpha value is -1.11. The number of aromatic nitrogens is 4. The van der Waals surface area contributed by atoms with Crippen LogP contribution in [-0.2, 0) is 35.4 Å². The zero-order valence-corrected chi connectivity index (χ0v) is 13.5. The third kappa shape index (κ3) is 2.35. The summed E-state index contributed by atoms with van der Waals surface area (Å²) in [6.45, 7) is 4.10. The highest BCUT2D eigenvalue weighted by Crippen LogP contribution is 2.29. The summed E-state index contributed by atoms with van der Waals surface area (Å²) in [6.07, 6.45) is 1.73. The highest BCUT2D eigenvalue weighted by Gasteiger charge is 2.37. The lowest BCUT2D eigenvalue weighted by molar-refractivity contribution is -0.0293. The molecule has 7 heteroatoms. The molecule has 1 aliphatic rings. The van der Waals surface area contributed by atoms with E-state index in [1.54, 1.807) is 7.11 Å². The number of aryl methyl sites for hydroxylation is 2. The summed E-state index contributed by atoms with van der Waals surface area (Å²) in [4.78, 5) is 4.68. The van der Waals surface area contributed by atoms with Gasteiger partial charge in [0.2, 0.25) is 0 Å². The van der Waals surface area contributed by atoms with Gasteiger partial charge in [-0.05, 0) is 6.42 Å². The number of halogens is 1. The molecular weight excluding hydrogens is 292 g/mol. The molecule has 1 unspecified atom stereocenters. The minimum Gasteiger partial charge on any atom is -0.378 e. The lowest BCUT2D eigenvalue weighted by Crippen LogP contribution is -2.37. The SMILES string of the molecule is CCc1nn(C)c2c1nc(CCl)n2CC1(OC)CCOC1. The zero-order chi connectivity index (χ0) is 15.0. The molecule has 0 saturated carbocycles. The molecule has 0 N–H and O–H groups in total. The smallest absolute Gasteiger partial charge is 0.158 e. The summed E-state index contributed by atoms with van der Waals surface area (Å²) in [7, 11) is 3.69. The van der Waals surface area contributed by atoms with Crippen molar-refractivity contribution in [2.45, 2.75) is 37.8 Å². The van der Waals surface area contributed by atoms with E-state index in [4.69, 9.17) is 21.1 Å². The second-order valence-corrected chi connectivity index (χ2v) is 5.80. The van der Waals surface area contributed by atoms with Crippen molar-refractivity contribution in [2.24, 2.45) is 7.05 Å². The van der Waals surface area contributed by atoms with Gasteiger partial charge in [0.1, 0.15) is 16.9 Å². The second kappa shape index (κ2) is 5.59. The molecule has 1 fully saturated rings. The van der Waals surface area contributed by atoms with Crippen LogP contribution < -0.4 is 0 Å². The fourth-order valence-electron chi connectivity index (χ4n) is 3.02. The van der Waals surface area contributed by atoms with Crippen molar-refractivity contribution in [2.75, 3.05) is 20.3 Å². The number of ether oxygens (including phenoxy) is 2. The molecule has 1 atom stereocenters. The third-order valence-corrected chi connectivity index (χ3v) is 4.51. The summed E-state index contributed by atoms with van der Waals surface area (Å²) in [5.41, 5.74) is 2.66. The van der Waals surface area contributed by atoms with Crippen LogP contribution >= 0.6 is 11.6 Å². The van der Waals surface area contributed by atoms with Gasteiger partial charge in [-0.25, -0.2) is 4.98 Å². The van der Waals surface area contributed by atoms with E-state index in [9.17, 15) is 0 Å². The van der Waals surface area contributed by atoms with Crippen LogP contribution in [0.2, 0.25) is 0 Å². The topological polar surface area (TPSA) is 54.1 Å². The lowest BCUT2D eigenvalue weighted by atomic mass is 10.0. The standard InChI is InChI=1S/C14H21ClN4O2/c1-4-10-12-13(18(2)17-10)19(11(7-15)16-12)8-14(20-3)5-6-21-9-14/h4-9H2,1-3H3. The molecule has 1 saturated heterocycles. The highest BCUT2D eigenvalue weighted by atomic mass is 35.5. The number of hydrogen-bond acceptors (Lipinski definition) is 4. The molecule has 116 valence electrons. The summed E-state index contributed by atoms with van der Waals surface area (Å²) in [6, 6.07) is 0. The van der Waals surface area contributed by atoms with E-state index in [0.717, 1.165) is 42.1 Å². The number of hydrogen-bond donors (Lipinski definition) is 0. The molecule has 6 nitrogen and oxygen atoms in total. The average Bonchev–Trinajstić information content (AvgIpc) is 3.16. The summed E-state index contributed by atoms with van der Waals surface area (Å²) >= 11 is 6.10. The largest absolute Gasteiger partial charge is 0.378 e. The predicted octanol–water partition coefficient (Wildman–Crippen LogP) is 1.88. The van der Waals surface area contributed by atoms with Gasteiger partial charge in [-0.15, -0.1) is 11.6 Å². The van der Waals surface area contributed by atoms with Crippen LogP contribution in [0.5, 0.6) is 0 Å². The molecule has 0 amide bonds. The van der Waals surface area contributed by atoms with Crippen molar-refractivity contribution in [3.8, 4) is 0 Å². The number of fused-ring (bicyclic) bond motifs is 1. The van der Waals surface area contributed by atoms with Crippen LogP contribution in [0.4, 0.5) is 0 Å². The molecule has 0 radical (unpaired) electrons. The van der Waals surface area contributed by atoms with Crippen molar-refractivity contribution in [3.63, 3.8) is 0 Å². The van der Waals surface area contributed by atoms with E-state index >= 15 is 0 Å². The quantitative estimate of drug-likeness (QED) is 0.791. The Morgan fingerprint density at radius 1 is 1.48 bits per heavy atom. The van der Waals surface area contributed by atoms with Crippen molar-refractivity contribution >= 4 is 22.8 Å². The lowest BCUT2D eigenvalue weighted by Gasteiger charge is -2.27. The maximum absolute atomic E-state index is 6.10. The Labute approximate surface area is 129 Å². The van der Waals surface area contributed by atoms with Gasteiger partial charge in [-0.3, -0.25) is 4.68 Å². The number of alkyl halides is 1. The monoisotopic (exact) mass is 312 g/mol. The minimum atomic E-state index is -0.301. The van der Waals surface area contributed by atoms with Crippen LogP contribution in [0.25, 0.3) is 11.2 Å². The normalized spacial score (nSPS) is 22.5. The zero-order valence-electron chi connectivity index (χ0n) is 12.7. The molecule has 21 heavy (non-hydrogen) atoms. The van der Waals surface area contributed by atoms with Gasteiger partial charge >= 0.3 is 0 Å². The van der Waals surface area contributed by atoms with Crippen LogP contribution in [0.3, 0.4) is 0 Å². The van der Waals surface area contributed by atoms with Gasteiger partial charge in [0.15, 0.2) is 5.65 Å². The van der Waals surface area contributed by atoms with Gasteiger partial charge in [-0.2, -0.15) is 5.10 Å². The first-order chi connectivity index (χ1) is 10.1. The molecule has 2 aromatic heterocycles. The van der Waals surface area contributed by atoms with Gasteiger partial charge in [-0.1, -0.05) is 6.92 Å². The van der Waals surface area contributed by atoms with Crippen LogP contribution in [-0.4, -0.2) is 45.3 Å². The van der Waals surface area contributed by atoms with Crippen molar-refractivity contribution in [1.29, 1.82) is 0 Å². The molecule has 0 bridgehead atoms. The second-order valence-electron chi connectivity index (χ2n) is 5.53. The maximum Gasteiger partial charge on any atom is 0.158 e. The third-order valence-electron chi connectivity index (χ3n) is 4.27. The van der Waals surface area contributed by atoms with E-state index in [0.29, 0.717) is 19.0 Å². The van der Waals surface area contributed by atoms with E-state index in [-0.39, 0.29) is 5.60 Å². The van der Waals surface area contributed by atoms with E-state index in [1.807, 2.05) is 11.7 Å². The van der Waals surface area contributed by atoms with Crippen LogP contribution in [0.1, 0.15) is 24.9 Å². The van der Waals surface area contributed by atoms with Gasteiger partial charge in [0.25, 0.3) is 0 Å². The first kappa shape index (κ1) is 14.8. The first-order valence-electron chi connectivity index (χ1n) is 7.24. The Morgan fingerprint density at radius 3 is 2.86 bits per heavy atom. The number of methoxy groups -OCH3 is 1. The molecule has 1 aliphatic heterocycles. The highest BCUT2D eigenvalue weighted by molar-refractivity contribution is 6.16. The molecule has 2 aromatic rings. The molecular formula is C14H21ClN4O2. The van der Waals surface area contributed by atoms with Gasteiger partial charge in [0.05, 0.1) is 24.7 Å². The van der Waals surface area contributed by atoms with E-state index in [2.05, 4.69) is 21.6 Å². The fraction of sp³-hybridized carbons (Fsp3) is 0.714. The van der Waals surface area contributed by atoms with Crippen molar-refractivity contribution in [3.05, 3.63) is 11.5 Å². The van der Waals surface area contributed by atoms with Crippen LogP contribution in [0, 0.1) is 0 Å². The number of rotatable bonds is 5. The van der Waals surface area contributed by atoms with E-state index in [1.165, 1.54) is 0 Å².